The number of benzene rings is 3. The Hall–Kier alpha value is -2.28. The molecular weight excluding hydrogens is 290 g/mol. The summed E-state index contributed by atoms with van der Waals surface area (Å²) < 4.78 is 0. The van der Waals surface area contributed by atoms with Gasteiger partial charge in [-0.05, 0) is 40.8 Å². The monoisotopic (exact) mass is 317 g/mol. The Morgan fingerprint density at radius 2 is 1.50 bits per heavy atom. The van der Waals surface area contributed by atoms with Crippen molar-refractivity contribution in [1.82, 2.24) is 0 Å². The van der Waals surface area contributed by atoms with Crippen LogP contribution >= 0.6 is 0 Å². The van der Waals surface area contributed by atoms with Gasteiger partial charge in [-0.3, -0.25) is 0 Å². The second-order valence-corrected chi connectivity index (χ2v) is 7.15. The molecule has 3 aromatic carbocycles. The number of hydrogen-bond donors (Lipinski definition) is 1. The largest absolute Gasteiger partial charge is 0.384 e. The highest BCUT2D eigenvalue weighted by Crippen LogP contribution is 2.24. The van der Waals surface area contributed by atoms with Gasteiger partial charge in [0.05, 0.1) is 0 Å². The third kappa shape index (κ3) is 3.97. The first kappa shape index (κ1) is 16.6. The standard InChI is InChI=1S/C23H27N/c1-17(2)15-19-11-13-20(14-12-19)18(3)16-24-23-10-6-8-21-7-4-5-9-22(21)23/h4-14,17-18,24H,15-16H2,1-3H3. The molecule has 124 valence electrons. The fraction of sp³-hybridized carbons (Fsp3) is 0.304. The lowest BCUT2D eigenvalue weighted by atomic mass is 9.96. The molecule has 0 aliphatic rings. The van der Waals surface area contributed by atoms with Crippen LogP contribution in [-0.4, -0.2) is 6.54 Å². The summed E-state index contributed by atoms with van der Waals surface area (Å²) in [7, 11) is 0. The highest BCUT2D eigenvalue weighted by molar-refractivity contribution is 5.93. The summed E-state index contributed by atoms with van der Waals surface area (Å²) in [5, 5.41) is 6.21. The Labute approximate surface area is 145 Å². The van der Waals surface area contributed by atoms with Gasteiger partial charge in [0.2, 0.25) is 0 Å². The summed E-state index contributed by atoms with van der Waals surface area (Å²) in [4.78, 5) is 0. The molecule has 0 aliphatic heterocycles. The van der Waals surface area contributed by atoms with Crippen LogP contribution in [0.5, 0.6) is 0 Å². The van der Waals surface area contributed by atoms with Crippen LogP contribution in [-0.2, 0) is 6.42 Å². The fourth-order valence-electron chi connectivity index (χ4n) is 3.21. The Morgan fingerprint density at radius 1 is 0.792 bits per heavy atom. The van der Waals surface area contributed by atoms with E-state index in [0.29, 0.717) is 11.8 Å². The van der Waals surface area contributed by atoms with Crippen molar-refractivity contribution >= 4 is 16.5 Å². The molecule has 0 amide bonds. The normalized spacial score (nSPS) is 12.5. The van der Waals surface area contributed by atoms with E-state index in [1.54, 1.807) is 0 Å². The molecule has 3 aromatic rings. The molecule has 24 heavy (non-hydrogen) atoms. The molecule has 1 nitrogen and oxygen atoms in total. The maximum atomic E-state index is 3.63. The van der Waals surface area contributed by atoms with Crippen LogP contribution in [0.2, 0.25) is 0 Å². The quantitative estimate of drug-likeness (QED) is 0.566. The van der Waals surface area contributed by atoms with Crippen LogP contribution in [0.25, 0.3) is 10.8 Å². The second kappa shape index (κ2) is 7.53. The van der Waals surface area contributed by atoms with E-state index < -0.39 is 0 Å². The lowest BCUT2D eigenvalue weighted by Gasteiger charge is -2.16. The van der Waals surface area contributed by atoms with E-state index in [9.17, 15) is 0 Å². The van der Waals surface area contributed by atoms with Gasteiger partial charge in [-0.1, -0.05) is 81.4 Å². The minimum Gasteiger partial charge on any atom is -0.384 e. The summed E-state index contributed by atoms with van der Waals surface area (Å²) in [6, 6.07) is 24.1. The minimum atomic E-state index is 0.483. The SMILES string of the molecule is CC(C)Cc1ccc(C(C)CNc2cccc3ccccc23)cc1. The van der Waals surface area contributed by atoms with Gasteiger partial charge < -0.3 is 5.32 Å². The van der Waals surface area contributed by atoms with E-state index in [1.807, 2.05) is 0 Å². The van der Waals surface area contributed by atoms with Gasteiger partial charge in [0.15, 0.2) is 0 Å². The summed E-state index contributed by atoms with van der Waals surface area (Å²) in [5.74, 6) is 1.19. The van der Waals surface area contributed by atoms with Crippen molar-refractivity contribution in [3.63, 3.8) is 0 Å². The predicted octanol–water partition coefficient (Wildman–Crippen LogP) is 6.25. The Kier molecular flexibility index (Phi) is 5.20. The lowest BCUT2D eigenvalue weighted by Crippen LogP contribution is -2.10. The van der Waals surface area contributed by atoms with Gasteiger partial charge in [-0.15, -0.1) is 0 Å². The van der Waals surface area contributed by atoms with Gasteiger partial charge in [-0.2, -0.15) is 0 Å². The molecule has 1 N–H and O–H groups in total. The Morgan fingerprint density at radius 3 is 2.25 bits per heavy atom. The third-order valence-electron chi connectivity index (χ3n) is 4.58. The first-order valence-electron chi connectivity index (χ1n) is 8.94. The summed E-state index contributed by atoms with van der Waals surface area (Å²) in [6.07, 6.45) is 1.16. The van der Waals surface area contributed by atoms with E-state index in [0.717, 1.165) is 13.0 Å². The average Bonchev–Trinajstić information content (AvgIpc) is 2.59. The first-order valence-corrected chi connectivity index (χ1v) is 8.94. The van der Waals surface area contributed by atoms with E-state index >= 15 is 0 Å². The molecule has 0 aromatic heterocycles. The number of hydrogen-bond acceptors (Lipinski definition) is 1. The van der Waals surface area contributed by atoms with Crippen LogP contribution < -0.4 is 5.32 Å². The van der Waals surface area contributed by atoms with Crippen LogP contribution in [0.3, 0.4) is 0 Å². The van der Waals surface area contributed by atoms with Crippen LogP contribution in [0.15, 0.2) is 66.7 Å². The summed E-state index contributed by atoms with van der Waals surface area (Å²) in [5.41, 5.74) is 4.05. The Balaban J connectivity index is 1.67. The molecular formula is C23H27N. The molecule has 0 saturated carbocycles. The molecule has 0 bridgehead atoms. The van der Waals surface area contributed by atoms with E-state index in [1.165, 1.54) is 27.6 Å². The molecule has 3 rings (SSSR count). The Bertz CT molecular complexity index is 781. The number of fused-ring (bicyclic) bond motifs is 1. The molecule has 0 spiro atoms. The predicted molar refractivity (Wildman–Crippen MR) is 106 cm³/mol. The summed E-state index contributed by atoms with van der Waals surface area (Å²) >= 11 is 0. The number of rotatable bonds is 6. The van der Waals surface area contributed by atoms with E-state index in [4.69, 9.17) is 0 Å². The number of nitrogens with one attached hydrogen (secondary N) is 1. The molecule has 1 heteroatoms. The second-order valence-electron chi connectivity index (χ2n) is 7.15. The van der Waals surface area contributed by atoms with Gasteiger partial charge in [-0.25, -0.2) is 0 Å². The van der Waals surface area contributed by atoms with Crippen molar-refractivity contribution in [3.05, 3.63) is 77.9 Å². The molecule has 1 unspecified atom stereocenters. The smallest absolute Gasteiger partial charge is 0.0420 e. The van der Waals surface area contributed by atoms with Gasteiger partial charge in [0.25, 0.3) is 0 Å². The highest BCUT2D eigenvalue weighted by atomic mass is 14.9. The van der Waals surface area contributed by atoms with E-state index in [2.05, 4.69) is 92.8 Å². The van der Waals surface area contributed by atoms with Crippen molar-refractivity contribution in [2.24, 2.45) is 5.92 Å². The van der Waals surface area contributed by atoms with E-state index in [-0.39, 0.29) is 0 Å². The van der Waals surface area contributed by atoms with Crippen molar-refractivity contribution < 1.29 is 0 Å². The van der Waals surface area contributed by atoms with Crippen molar-refractivity contribution in [2.45, 2.75) is 33.1 Å². The topological polar surface area (TPSA) is 12.0 Å². The molecule has 0 heterocycles. The summed E-state index contributed by atoms with van der Waals surface area (Å²) in [6.45, 7) is 7.77. The van der Waals surface area contributed by atoms with Gasteiger partial charge >= 0.3 is 0 Å². The fourth-order valence-corrected chi connectivity index (χ4v) is 3.21. The minimum absolute atomic E-state index is 0.483. The maximum absolute atomic E-state index is 3.63. The first-order chi connectivity index (χ1) is 11.6. The zero-order valence-corrected chi connectivity index (χ0v) is 14.9. The average molecular weight is 317 g/mol. The van der Waals surface area contributed by atoms with Crippen molar-refractivity contribution in [1.29, 1.82) is 0 Å². The zero-order chi connectivity index (χ0) is 16.9. The lowest BCUT2D eigenvalue weighted by molar-refractivity contribution is 0.647. The third-order valence-corrected chi connectivity index (χ3v) is 4.58. The maximum Gasteiger partial charge on any atom is 0.0420 e. The van der Waals surface area contributed by atoms with Crippen LogP contribution in [0.4, 0.5) is 5.69 Å². The number of anilines is 1. The van der Waals surface area contributed by atoms with Gasteiger partial charge in [0.1, 0.15) is 0 Å². The molecule has 1 atom stereocenters. The molecule has 0 aliphatic carbocycles. The highest BCUT2D eigenvalue weighted by Gasteiger charge is 2.07. The van der Waals surface area contributed by atoms with Crippen molar-refractivity contribution in [3.8, 4) is 0 Å². The van der Waals surface area contributed by atoms with Crippen molar-refractivity contribution in [2.75, 3.05) is 11.9 Å². The van der Waals surface area contributed by atoms with Gasteiger partial charge in [0, 0.05) is 17.6 Å². The molecule has 0 fully saturated rings. The van der Waals surface area contributed by atoms with Crippen LogP contribution in [0.1, 0.15) is 37.8 Å². The zero-order valence-electron chi connectivity index (χ0n) is 14.9. The van der Waals surface area contributed by atoms with Crippen LogP contribution in [0, 0.1) is 5.92 Å². The molecule has 0 saturated heterocycles. The molecule has 0 radical (unpaired) electrons.